The molecule has 0 fully saturated rings. The SMILES string of the molecule is [2H]c1cc2cc3nc(cc4nc(cc5ccc(cc1[nH]2)[nH]5)C=C4)C=C3.[Sn]. The molecule has 25 heavy (non-hydrogen) atoms. The van der Waals surface area contributed by atoms with E-state index in [-0.39, 0.29) is 23.9 Å². The average Bonchev–Trinajstić information content (AvgIpc) is 3.33. The van der Waals surface area contributed by atoms with E-state index >= 15 is 0 Å². The molecule has 2 aliphatic heterocycles. The Bertz CT molecular complexity index is 1220. The number of fused-ring (bicyclic) bond motifs is 8. The monoisotopic (exact) mass is 431 g/mol. The Morgan fingerprint density at radius 3 is 1.72 bits per heavy atom. The van der Waals surface area contributed by atoms with Gasteiger partial charge in [-0.1, -0.05) is 0 Å². The number of nitrogens with zero attached hydrogens (tertiary/aromatic N) is 2. The first-order chi connectivity index (χ1) is 12.2. The fourth-order valence-corrected chi connectivity index (χ4v) is 2.87. The van der Waals surface area contributed by atoms with Crippen LogP contribution >= 0.6 is 0 Å². The molecule has 0 amide bonds. The Morgan fingerprint density at radius 1 is 0.600 bits per heavy atom. The third kappa shape index (κ3) is 3.30. The van der Waals surface area contributed by atoms with Crippen molar-refractivity contribution in [1.82, 2.24) is 19.9 Å². The quantitative estimate of drug-likeness (QED) is 0.361. The molecule has 4 radical (unpaired) electrons. The molecule has 0 saturated carbocycles. The number of aromatic amines is 2. The van der Waals surface area contributed by atoms with Crippen molar-refractivity contribution < 1.29 is 1.37 Å². The second kappa shape index (κ2) is 6.37. The second-order valence-electron chi connectivity index (χ2n) is 5.82. The summed E-state index contributed by atoms with van der Waals surface area (Å²) in [4.78, 5) is 15.8. The number of H-pyrrole nitrogens is 2. The van der Waals surface area contributed by atoms with Crippen LogP contribution in [-0.4, -0.2) is 43.8 Å². The van der Waals surface area contributed by atoms with E-state index in [0.29, 0.717) is 6.04 Å². The smallest absolute Gasteiger partial charge is 0.0659 e. The van der Waals surface area contributed by atoms with Crippen LogP contribution in [-0.2, 0) is 0 Å². The maximum absolute atomic E-state index is 8.15. The maximum atomic E-state index is 8.15. The Hall–Kier alpha value is -2.60. The summed E-state index contributed by atoms with van der Waals surface area (Å²) in [5, 5.41) is 0. The number of hydrogen-bond acceptors (Lipinski definition) is 2. The van der Waals surface area contributed by atoms with Crippen molar-refractivity contribution in [2.45, 2.75) is 0 Å². The van der Waals surface area contributed by atoms with Crippen molar-refractivity contribution in [2.75, 3.05) is 0 Å². The molecule has 5 rings (SSSR count). The Balaban J connectivity index is 0.00000168. The van der Waals surface area contributed by atoms with Gasteiger partial charge < -0.3 is 9.97 Å². The van der Waals surface area contributed by atoms with Crippen LogP contribution in [0.2, 0.25) is 0 Å². The van der Waals surface area contributed by atoms with Gasteiger partial charge in [-0.25, -0.2) is 9.97 Å². The van der Waals surface area contributed by atoms with Crippen molar-refractivity contribution in [2.24, 2.45) is 0 Å². The predicted octanol–water partition coefficient (Wildman–Crippen LogP) is 4.27. The minimum absolute atomic E-state index is 0. The van der Waals surface area contributed by atoms with Crippen molar-refractivity contribution in [3.05, 3.63) is 71.3 Å². The zero-order chi connectivity index (χ0) is 16.8. The van der Waals surface area contributed by atoms with Crippen LogP contribution in [0.25, 0.3) is 46.4 Å². The molecule has 3 aromatic rings. The van der Waals surface area contributed by atoms with E-state index in [1.807, 2.05) is 66.8 Å². The van der Waals surface area contributed by atoms with E-state index in [9.17, 15) is 0 Å². The van der Waals surface area contributed by atoms with E-state index in [1.165, 1.54) is 0 Å². The Morgan fingerprint density at radius 2 is 1.08 bits per heavy atom. The van der Waals surface area contributed by atoms with Gasteiger partial charge in [-0.15, -0.1) is 0 Å². The zero-order valence-electron chi connectivity index (χ0n) is 14.2. The van der Waals surface area contributed by atoms with Gasteiger partial charge in [0.05, 0.1) is 24.1 Å². The van der Waals surface area contributed by atoms with Gasteiger partial charge >= 0.3 is 0 Å². The molecule has 2 N–H and O–H groups in total. The minimum Gasteiger partial charge on any atom is -0.355 e. The zero-order valence-corrected chi connectivity index (χ0v) is 16.1. The maximum Gasteiger partial charge on any atom is 0.0659 e. The molecule has 0 unspecified atom stereocenters. The summed E-state index contributed by atoms with van der Waals surface area (Å²) in [6, 6.07) is 14.1. The van der Waals surface area contributed by atoms with Crippen LogP contribution in [0.5, 0.6) is 0 Å². The summed E-state index contributed by atoms with van der Waals surface area (Å²) in [6.45, 7) is 0. The van der Waals surface area contributed by atoms with Crippen molar-refractivity contribution in [1.29, 1.82) is 0 Å². The molecular weight excluding hydrogens is 415 g/mol. The molecule has 4 nitrogen and oxygen atoms in total. The average molecular weight is 430 g/mol. The van der Waals surface area contributed by atoms with Gasteiger partial charge in [0.25, 0.3) is 0 Å². The first kappa shape index (κ1) is 14.7. The van der Waals surface area contributed by atoms with E-state index < -0.39 is 0 Å². The first-order valence-corrected chi connectivity index (χ1v) is 7.76. The molecule has 0 atom stereocenters. The van der Waals surface area contributed by atoms with E-state index in [1.54, 1.807) is 0 Å². The topological polar surface area (TPSA) is 57.4 Å². The van der Waals surface area contributed by atoms with E-state index in [4.69, 9.17) is 1.37 Å². The third-order valence-corrected chi connectivity index (χ3v) is 3.96. The van der Waals surface area contributed by atoms with E-state index in [0.717, 1.165) is 44.8 Å². The minimum atomic E-state index is 0. The molecule has 0 aliphatic carbocycles. The summed E-state index contributed by atoms with van der Waals surface area (Å²) in [5.74, 6) is 0. The molecule has 5 heteroatoms. The van der Waals surface area contributed by atoms with Gasteiger partial charge in [-0.3, -0.25) is 0 Å². The summed E-state index contributed by atoms with van der Waals surface area (Å²) in [7, 11) is 0. The van der Waals surface area contributed by atoms with Gasteiger partial charge in [0.1, 0.15) is 0 Å². The normalized spacial score (nSPS) is 12.7. The van der Waals surface area contributed by atoms with Gasteiger partial charge in [0.15, 0.2) is 0 Å². The predicted molar refractivity (Wildman–Crippen MR) is 105 cm³/mol. The van der Waals surface area contributed by atoms with Gasteiger partial charge in [-0.2, -0.15) is 0 Å². The number of rotatable bonds is 0. The van der Waals surface area contributed by atoms with Crippen LogP contribution in [0.3, 0.4) is 0 Å². The van der Waals surface area contributed by atoms with Gasteiger partial charge in [0.2, 0.25) is 0 Å². The third-order valence-electron chi connectivity index (χ3n) is 3.96. The Labute approximate surface area is 162 Å². The molecular formula is C20H14N4Sn. The first-order valence-electron chi connectivity index (χ1n) is 8.26. The molecule has 118 valence electrons. The van der Waals surface area contributed by atoms with Crippen molar-refractivity contribution >= 4 is 70.3 Å². The standard InChI is InChI=1S/C20H14N4.Sn/c1-2-14-10-16-5-6-18(23-16)12-20-8-7-19(24-20)11-17-4-3-15(22-17)9-13(1)21-14;/h1-12,21-22H;/i1D;. The Kier molecular flexibility index (Phi) is 3.75. The molecule has 2 aliphatic rings. The van der Waals surface area contributed by atoms with Crippen LogP contribution < -0.4 is 0 Å². The van der Waals surface area contributed by atoms with Gasteiger partial charge in [-0.05, 0) is 72.8 Å². The number of aromatic nitrogens is 4. The summed E-state index contributed by atoms with van der Waals surface area (Å²) < 4.78 is 8.15. The molecule has 5 heterocycles. The number of nitrogens with one attached hydrogen (secondary N) is 2. The summed E-state index contributed by atoms with van der Waals surface area (Å²) in [5.41, 5.74) is 7.04. The number of hydrogen-bond donors (Lipinski definition) is 2. The molecule has 8 bridgehead atoms. The molecule has 0 saturated heterocycles. The van der Waals surface area contributed by atoms with Gasteiger partial charge in [0, 0.05) is 46.0 Å². The second-order valence-corrected chi connectivity index (χ2v) is 5.82. The van der Waals surface area contributed by atoms with Crippen molar-refractivity contribution in [3.8, 4) is 0 Å². The molecule has 0 spiro atoms. The van der Waals surface area contributed by atoms with Crippen LogP contribution in [0.15, 0.2) is 48.5 Å². The summed E-state index contributed by atoms with van der Waals surface area (Å²) in [6.07, 6.45) is 7.91. The van der Waals surface area contributed by atoms with Crippen molar-refractivity contribution in [3.63, 3.8) is 0 Å². The van der Waals surface area contributed by atoms with Crippen LogP contribution in [0.4, 0.5) is 0 Å². The summed E-state index contributed by atoms with van der Waals surface area (Å²) >= 11 is 0. The molecule has 3 aromatic heterocycles. The fraction of sp³-hybridized carbons (Fsp3) is 0. The van der Waals surface area contributed by atoms with Crippen LogP contribution in [0, 0.1) is 0 Å². The van der Waals surface area contributed by atoms with Crippen LogP contribution in [0.1, 0.15) is 24.1 Å². The molecule has 0 aromatic carbocycles. The van der Waals surface area contributed by atoms with E-state index in [2.05, 4.69) is 19.9 Å². The fourth-order valence-electron chi connectivity index (χ4n) is 2.87. The largest absolute Gasteiger partial charge is 0.355 e.